The van der Waals surface area contributed by atoms with E-state index in [2.05, 4.69) is 34.2 Å². The number of rotatable bonds is 5. The highest BCUT2D eigenvalue weighted by Crippen LogP contribution is 2.29. The molecule has 0 unspecified atom stereocenters. The van der Waals surface area contributed by atoms with E-state index in [1.807, 2.05) is 47.5 Å². The zero-order valence-electron chi connectivity index (χ0n) is 17.7. The third-order valence-corrected chi connectivity index (χ3v) is 6.23. The maximum Gasteiger partial charge on any atom is 0.230 e. The van der Waals surface area contributed by atoms with Crippen LogP contribution in [0, 0.1) is 6.92 Å². The van der Waals surface area contributed by atoms with Crippen LogP contribution >= 0.6 is 0 Å². The Hall–Kier alpha value is -3.41. The summed E-state index contributed by atoms with van der Waals surface area (Å²) in [7, 11) is 0. The first-order valence-corrected chi connectivity index (χ1v) is 10.9. The monoisotopic (exact) mass is 414 g/mol. The molecule has 1 fully saturated rings. The lowest BCUT2D eigenvalue weighted by molar-refractivity contribution is -0.132. The van der Waals surface area contributed by atoms with Crippen molar-refractivity contribution in [3.05, 3.63) is 71.7 Å². The van der Waals surface area contributed by atoms with Gasteiger partial charge in [0.2, 0.25) is 17.6 Å². The molecular formula is C25H26N4O2. The summed E-state index contributed by atoms with van der Waals surface area (Å²) in [6, 6.07) is 16.3. The Balaban J connectivity index is 1.16. The normalized spacial score (nSPS) is 14.9. The second-order valence-corrected chi connectivity index (χ2v) is 8.34. The minimum Gasteiger partial charge on any atom is -0.361 e. The van der Waals surface area contributed by atoms with Crippen molar-refractivity contribution >= 4 is 16.8 Å². The summed E-state index contributed by atoms with van der Waals surface area (Å²) < 4.78 is 5.55. The number of nitrogens with zero attached hydrogens (tertiary/aromatic N) is 3. The first-order valence-electron chi connectivity index (χ1n) is 10.9. The van der Waals surface area contributed by atoms with Crippen molar-refractivity contribution in [1.82, 2.24) is 20.0 Å². The van der Waals surface area contributed by atoms with Gasteiger partial charge in [-0.2, -0.15) is 4.98 Å². The summed E-state index contributed by atoms with van der Waals surface area (Å²) in [5, 5.41) is 5.36. The van der Waals surface area contributed by atoms with Gasteiger partial charge in [-0.15, -0.1) is 0 Å². The number of para-hydroxylation sites is 1. The number of amides is 1. The molecule has 0 saturated carbocycles. The van der Waals surface area contributed by atoms with Gasteiger partial charge in [-0.1, -0.05) is 53.2 Å². The average Bonchev–Trinajstić information content (AvgIpc) is 3.46. The predicted octanol–water partition coefficient (Wildman–Crippen LogP) is 4.87. The Morgan fingerprint density at radius 3 is 2.71 bits per heavy atom. The number of carbonyl (C=O) groups is 1. The quantitative estimate of drug-likeness (QED) is 0.506. The number of likely N-dealkylation sites (tertiary alicyclic amines) is 1. The number of carbonyl (C=O) groups excluding carboxylic acids is 1. The number of benzene rings is 2. The van der Waals surface area contributed by atoms with Crippen LogP contribution in [0.5, 0.6) is 0 Å². The van der Waals surface area contributed by atoms with Gasteiger partial charge in [-0.05, 0) is 37.8 Å². The van der Waals surface area contributed by atoms with Crippen molar-refractivity contribution in [3.8, 4) is 11.4 Å². The van der Waals surface area contributed by atoms with Gasteiger partial charge in [0.15, 0.2) is 0 Å². The van der Waals surface area contributed by atoms with Crippen LogP contribution in [0.4, 0.5) is 0 Å². The average molecular weight is 415 g/mol. The van der Waals surface area contributed by atoms with E-state index in [-0.39, 0.29) is 11.8 Å². The summed E-state index contributed by atoms with van der Waals surface area (Å²) in [4.78, 5) is 22.6. The lowest BCUT2D eigenvalue weighted by atomic mass is 9.96. The van der Waals surface area contributed by atoms with Gasteiger partial charge in [-0.25, -0.2) is 0 Å². The number of hydrogen-bond donors (Lipinski definition) is 1. The molecule has 5 rings (SSSR count). The van der Waals surface area contributed by atoms with Crippen LogP contribution in [0.3, 0.4) is 0 Å². The van der Waals surface area contributed by atoms with E-state index in [9.17, 15) is 4.79 Å². The molecule has 158 valence electrons. The number of aromatic amines is 1. The molecule has 1 saturated heterocycles. The smallest absolute Gasteiger partial charge is 0.230 e. The van der Waals surface area contributed by atoms with Crippen LogP contribution in [0.1, 0.15) is 42.2 Å². The number of H-pyrrole nitrogens is 1. The highest BCUT2D eigenvalue weighted by Gasteiger charge is 2.27. The molecule has 4 aromatic rings. The molecule has 1 N–H and O–H groups in total. The summed E-state index contributed by atoms with van der Waals surface area (Å²) in [6.45, 7) is 3.53. The van der Waals surface area contributed by atoms with Crippen molar-refractivity contribution < 1.29 is 9.32 Å². The number of nitrogens with one attached hydrogen (secondary N) is 1. The van der Waals surface area contributed by atoms with E-state index >= 15 is 0 Å². The van der Waals surface area contributed by atoms with Crippen molar-refractivity contribution in [2.45, 2.75) is 38.5 Å². The van der Waals surface area contributed by atoms with E-state index < -0.39 is 0 Å². The summed E-state index contributed by atoms with van der Waals surface area (Å²) >= 11 is 0. The van der Waals surface area contributed by atoms with Crippen LogP contribution in [-0.4, -0.2) is 39.0 Å². The number of fused-ring (bicyclic) bond motifs is 1. The highest BCUT2D eigenvalue weighted by molar-refractivity contribution is 5.84. The Morgan fingerprint density at radius 1 is 1.13 bits per heavy atom. The molecule has 0 bridgehead atoms. The van der Waals surface area contributed by atoms with Gasteiger partial charge in [0.1, 0.15) is 0 Å². The molecule has 0 aliphatic carbocycles. The molecule has 2 aromatic carbocycles. The van der Waals surface area contributed by atoms with Gasteiger partial charge in [0.25, 0.3) is 0 Å². The Kier molecular flexibility index (Phi) is 5.28. The zero-order chi connectivity index (χ0) is 21.2. The largest absolute Gasteiger partial charge is 0.361 e. The van der Waals surface area contributed by atoms with E-state index in [0.29, 0.717) is 18.1 Å². The van der Waals surface area contributed by atoms with Gasteiger partial charge >= 0.3 is 0 Å². The van der Waals surface area contributed by atoms with Gasteiger partial charge in [0.05, 0.1) is 0 Å². The SMILES string of the molecule is Cc1ccc(-c2noc(C3CCN(C(=O)CCc4c[nH]c5ccccc45)CC3)n2)cc1. The standard InChI is InChI=1S/C25H26N4O2/c1-17-6-8-18(9-7-17)24-27-25(31-28-24)19-12-14-29(15-13-19)23(30)11-10-20-16-26-22-5-3-2-4-21(20)22/h2-9,16,19,26H,10-15H2,1H3. The fourth-order valence-electron chi connectivity index (χ4n) is 4.33. The van der Waals surface area contributed by atoms with E-state index in [0.717, 1.165) is 43.4 Å². The third kappa shape index (κ3) is 4.10. The molecule has 2 aromatic heterocycles. The topological polar surface area (TPSA) is 75.0 Å². The Morgan fingerprint density at radius 2 is 1.90 bits per heavy atom. The first kappa shape index (κ1) is 19.5. The molecule has 1 amide bonds. The predicted molar refractivity (Wildman–Crippen MR) is 120 cm³/mol. The number of piperidine rings is 1. The maximum absolute atomic E-state index is 12.8. The van der Waals surface area contributed by atoms with Crippen LogP contribution < -0.4 is 0 Å². The number of aryl methyl sites for hydroxylation is 2. The molecular weight excluding hydrogens is 388 g/mol. The maximum atomic E-state index is 12.8. The van der Waals surface area contributed by atoms with Gasteiger partial charge in [0, 0.05) is 48.1 Å². The second-order valence-electron chi connectivity index (χ2n) is 8.34. The lowest BCUT2D eigenvalue weighted by Gasteiger charge is -2.30. The number of aromatic nitrogens is 3. The van der Waals surface area contributed by atoms with Gasteiger partial charge in [-0.3, -0.25) is 4.79 Å². The molecule has 3 heterocycles. The molecule has 31 heavy (non-hydrogen) atoms. The highest BCUT2D eigenvalue weighted by atomic mass is 16.5. The summed E-state index contributed by atoms with van der Waals surface area (Å²) in [5.41, 5.74) is 4.49. The second kappa shape index (κ2) is 8.38. The fourth-order valence-corrected chi connectivity index (χ4v) is 4.33. The molecule has 1 aliphatic rings. The minimum atomic E-state index is 0.212. The first-order chi connectivity index (χ1) is 15.2. The lowest BCUT2D eigenvalue weighted by Crippen LogP contribution is -2.38. The molecule has 1 aliphatic heterocycles. The van der Waals surface area contributed by atoms with E-state index in [1.165, 1.54) is 16.5 Å². The van der Waals surface area contributed by atoms with Crippen molar-refractivity contribution in [2.75, 3.05) is 13.1 Å². The molecule has 0 spiro atoms. The van der Waals surface area contributed by atoms with Crippen molar-refractivity contribution in [3.63, 3.8) is 0 Å². The Bertz CT molecular complexity index is 1180. The number of hydrogen-bond acceptors (Lipinski definition) is 4. The Labute approximate surface area is 181 Å². The molecule has 6 heteroatoms. The van der Waals surface area contributed by atoms with Crippen LogP contribution in [0.2, 0.25) is 0 Å². The van der Waals surface area contributed by atoms with Crippen LogP contribution in [0.25, 0.3) is 22.3 Å². The minimum absolute atomic E-state index is 0.212. The third-order valence-electron chi connectivity index (χ3n) is 6.23. The molecule has 0 radical (unpaired) electrons. The van der Waals surface area contributed by atoms with E-state index in [4.69, 9.17) is 4.52 Å². The van der Waals surface area contributed by atoms with Crippen LogP contribution in [-0.2, 0) is 11.2 Å². The zero-order valence-corrected chi connectivity index (χ0v) is 17.7. The molecule has 0 atom stereocenters. The van der Waals surface area contributed by atoms with Crippen LogP contribution in [0.15, 0.2) is 59.3 Å². The van der Waals surface area contributed by atoms with Gasteiger partial charge < -0.3 is 14.4 Å². The van der Waals surface area contributed by atoms with Crippen molar-refractivity contribution in [2.24, 2.45) is 0 Å². The molecule has 6 nitrogen and oxygen atoms in total. The van der Waals surface area contributed by atoms with E-state index in [1.54, 1.807) is 0 Å². The summed E-state index contributed by atoms with van der Waals surface area (Å²) in [6.07, 6.45) is 5.02. The summed E-state index contributed by atoms with van der Waals surface area (Å²) in [5.74, 6) is 1.74. The fraction of sp³-hybridized carbons (Fsp3) is 0.320. The van der Waals surface area contributed by atoms with Crippen molar-refractivity contribution in [1.29, 1.82) is 0 Å².